The van der Waals surface area contributed by atoms with E-state index >= 15 is 0 Å². The SMILES string of the molecule is Cc1cc2c3ccccc3n(C)c2cc1N1C=CN(C)[C@@H]1C.Cc1ccc2c3ccccc3n(-c3ccccc3)c2c1N1C=CN(C(C)C)[C@@H]1C.Cc1ccc2c3ccccc3n(-c3ccccc3)c2c1N1C=CN(C)[C@@H]1C.Cc1ccc2c3ccccc3n(-c3ccccc3)c2c1N1C=CN(c2ccccc2)[C@@H]1C. The van der Waals surface area contributed by atoms with Crippen LogP contribution in [0.3, 0.4) is 0 Å². The molecule has 0 bridgehead atoms. The van der Waals surface area contributed by atoms with E-state index in [-0.39, 0.29) is 18.5 Å². The van der Waals surface area contributed by atoms with Crippen LogP contribution in [0.5, 0.6) is 0 Å². The molecule has 0 saturated carbocycles. The molecule has 12 nitrogen and oxygen atoms in total. The van der Waals surface area contributed by atoms with Crippen molar-refractivity contribution in [3.05, 3.63) is 339 Å². The van der Waals surface area contributed by atoms with Crippen LogP contribution in [-0.4, -0.2) is 77.8 Å². The molecule has 12 aromatic carbocycles. The van der Waals surface area contributed by atoms with Gasteiger partial charge in [-0.05, 0) is 176 Å². The number of aromatic nitrogens is 4. The molecule has 4 atom stereocenters. The third-order valence-corrected chi connectivity index (χ3v) is 23.3. The summed E-state index contributed by atoms with van der Waals surface area (Å²) in [6.45, 7) is 22.4. The normalized spacial score (nSPS) is 16.7. The number of para-hydroxylation sites is 8. The van der Waals surface area contributed by atoms with Crippen LogP contribution in [0.15, 0.2) is 317 Å². The fourth-order valence-electron chi connectivity index (χ4n) is 17.4. The van der Waals surface area contributed by atoms with E-state index in [1.54, 1.807) is 0 Å². The first-order valence-corrected chi connectivity index (χ1v) is 38.7. The van der Waals surface area contributed by atoms with Crippen LogP contribution in [0, 0.1) is 27.7 Å². The summed E-state index contributed by atoms with van der Waals surface area (Å²) in [7, 11) is 6.40. The molecule has 0 saturated heterocycles. The Morgan fingerprint density at radius 2 is 0.582 bits per heavy atom. The van der Waals surface area contributed by atoms with Gasteiger partial charge in [0.15, 0.2) is 0 Å². The van der Waals surface area contributed by atoms with Gasteiger partial charge in [-0.15, -0.1) is 0 Å². The molecular weight excluding hydrogens is 1350 g/mol. The molecule has 16 aromatic rings. The number of fused-ring (bicyclic) bond motifs is 12. The van der Waals surface area contributed by atoms with Crippen LogP contribution in [0.2, 0.25) is 0 Å². The molecule has 0 amide bonds. The summed E-state index contributed by atoms with van der Waals surface area (Å²) in [5.74, 6) is 0. The van der Waals surface area contributed by atoms with Gasteiger partial charge in [0.05, 0.1) is 55.7 Å². The highest BCUT2D eigenvalue weighted by Gasteiger charge is 2.33. The summed E-state index contributed by atoms with van der Waals surface area (Å²) in [6, 6.07) is 96.1. The standard InChI is InChI=1S/C29H25N3.C26H27N3.C24H23N3.C19H21N3/c1-21-17-18-26-25-15-9-10-16-27(25)32(24-13-7-4-8-14-24)29(26)28(21)31-20-19-30(22(31)2)23-11-5-3-6-12-23;1-18(2)27-16-17-28(20(27)4)25-19(3)14-15-23-22-12-8-9-13-24(22)29(26(23)25)21-10-6-5-7-11-21;1-17-13-14-21-20-11-7-8-12-22(20)27(19-9-5-4-6-10-19)24(21)23(17)26-16-15-25(3)18(26)2;1-13-11-16-15-7-5-6-8-17(15)21(4)19(16)12-18(13)22-10-9-20(3)14(22)2/h3-20,22H,1-2H3;5-18,20H,1-4H3;4-16,18H,1-3H3;5-12,14H,1-4H3/t22-;20-;18-;14-/m0000/s1. The molecule has 0 spiro atoms. The van der Waals surface area contributed by atoms with E-state index in [1.807, 2.05) is 0 Å². The summed E-state index contributed by atoms with van der Waals surface area (Å²) in [5, 5.41) is 10.4. The van der Waals surface area contributed by atoms with Crippen LogP contribution in [-0.2, 0) is 7.05 Å². The average molecular weight is 1440 g/mol. The van der Waals surface area contributed by atoms with Crippen LogP contribution >= 0.6 is 0 Å². The van der Waals surface area contributed by atoms with Crippen LogP contribution in [0.1, 0.15) is 63.8 Å². The third kappa shape index (κ3) is 11.9. The minimum Gasteiger partial charge on any atom is -0.359 e. The molecule has 548 valence electrons. The molecule has 110 heavy (non-hydrogen) atoms. The lowest BCUT2D eigenvalue weighted by atomic mass is 10.1. The molecule has 0 radical (unpaired) electrons. The monoisotopic (exact) mass is 1440 g/mol. The van der Waals surface area contributed by atoms with Gasteiger partial charge >= 0.3 is 0 Å². The van der Waals surface area contributed by atoms with Gasteiger partial charge in [-0.3, -0.25) is 0 Å². The zero-order chi connectivity index (χ0) is 75.8. The van der Waals surface area contributed by atoms with E-state index in [0.29, 0.717) is 12.2 Å². The molecule has 0 unspecified atom stereocenters. The quantitative estimate of drug-likeness (QED) is 0.142. The molecule has 0 aliphatic carbocycles. The predicted molar refractivity (Wildman–Crippen MR) is 467 cm³/mol. The van der Waals surface area contributed by atoms with Crippen molar-refractivity contribution in [1.29, 1.82) is 0 Å². The van der Waals surface area contributed by atoms with Crippen molar-refractivity contribution in [2.24, 2.45) is 7.05 Å². The fraction of sp³-hybridized carbons (Fsp3) is 0.184. The molecule has 4 aromatic heterocycles. The van der Waals surface area contributed by atoms with E-state index in [1.165, 1.54) is 155 Å². The van der Waals surface area contributed by atoms with Crippen molar-refractivity contribution in [2.75, 3.05) is 38.6 Å². The van der Waals surface area contributed by atoms with Gasteiger partial charge in [-0.2, -0.15) is 0 Å². The molecule has 4 aliphatic rings. The minimum atomic E-state index is 0.170. The Hall–Kier alpha value is -12.8. The van der Waals surface area contributed by atoms with Gasteiger partial charge in [0, 0.05) is 154 Å². The Balaban J connectivity index is 0.000000108. The van der Waals surface area contributed by atoms with Crippen LogP contribution < -0.4 is 24.5 Å². The second kappa shape index (κ2) is 28.7. The molecular formula is C98H96N12. The second-order valence-corrected chi connectivity index (χ2v) is 30.1. The predicted octanol–water partition coefficient (Wildman–Crippen LogP) is 23.5. The Kier molecular flexibility index (Phi) is 18.3. The summed E-state index contributed by atoms with van der Waals surface area (Å²) in [4.78, 5) is 18.8. The number of rotatable bonds is 9. The molecule has 0 fully saturated rings. The van der Waals surface area contributed by atoms with Gasteiger partial charge in [-0.25, -0.2) is 0 Å². The number of hydrogen-bond acceptors (Lipinski definition) is 8. The minimum absolute atomic E-state index is 0.170. The van der Waals surface area contributed by atoms with E-state index in [0.717, 1.165) is 0 Å². The zero-order valence-electron chi connectivity index (χ0n) is 65.3. The largest absolute Gasteiger partial charge is 0.359 e. The second-order valence-electron chi connectivity index (χ2n) is 30.1. The number of aryl methyl sites for hydroxylation is 5. The van der Waals surface area contributed by atoms with Crippen LogP contribution in [0.4, 0.5) is 28.4 Å². The lowest BCUT2D eigenvalue weighted by molar-refractivity contribution is 0.263. The smallest absolute Gasteiger partial charge is 0.107 e. The van der Waals surface area contributed by atoms with Gasteiger partial charge in [0.2, 0.25) is 0 Å². The molecule has 12 heteroatoms. The van der Waals surface area contributed by atoms with E-state index in [4.69, 9.17) is 0 Å². The molecule has 20 rings (SSSR count). The third-order valence-electron chi connectivity index (χ3n) is 23.3. The first kappa shape index (κ1) is 70.2. The van der Waals surface area contributed by atoms with Crippen molar-refractivity contribution in [2.45, 2.75) is 99.9 Å². The van der Waals surface area contributed by atoms with Crippen molar-refractivity contribution >= 4 is 116 Å². The highest BCUT2D eigenvalue weighted by Crippen LogP contribution is 2.46. The van der Waals surface area contributed by atoms with Crippen molar-refractivity contribution in [3.63, 3.8) is 0 Å². The lowest BCUT2D eigenvalue weighted by Crippen LogP contribution is -2.40. The van der Waals surface area contributed by atoms with Gasteiger partial charge in [0.25, 0.3) is 0 Å². The van der Waals surface area contributed by atoms with Gasteiger partial charge < -0.3 is 57.5 Å². The van der Waals surface area contributed by atoms with E-state index in [2.05, 4.69) is 464 Å². The number of nitrogens with zero attached hydrogens (tertiary/aromatic N) is 12. The summed E-state index contributed by atoms with van der Waals surface area (Å²) in [5.41, 5.74) is 25.1. The highest BCUT2D eigenvalue weighted by atomic mass is 15.4. The first-order valence-electron chi connectivity index (χ1n) is 38.7. The zero-order valence-corrected chi connectivity index (χ0v) is 65.3. The summed E-state index contributed by atoms with van der Waals surface area (Å²) < 4.78 is 9.54. The maximum atomic E-state index is 2.43. The lowest BCUT2D eigenvalue weighted by Gasteiger charge is -2.33. The van der Waals surface area contributed by atoms with Crippen molar-refractivity contribution < 1.29 is 0 Å². The van der Waals surface area contributed by atoms with E-state index < -0.39 is 0 Å². The molecule has 8 heterocycles. The first-order chi connectivity index (χ1) is 53.6. The Labute approximate surface area is 646 Å². The van der Waals surface area contributed by atoms with Gasteiger partial charge in [0.1, 0.15) is 24.7 Å². The van der Waals surface area contributed by atoms with Crippen molar-refractivity contribution in [1.82, 2.24) is 33.0 Å². The Bertz CT molecular complexity index is 6260. The maximum Gasteiger partial charge on any atom is 0.107 e. The van der Waals surface area contributed by atoms with Crippen molar-refractivity contribution in [3.8, 4) is 17.1 Å². The number of benzene rings is 12. The maximum absolute atomic E-state index is 2.43. The van der Waals surface area contributed by atoms with E-state index in [9.17, 15) is 0 Å². The topological polar surface area (TPSA) is 45.6 Å². The summed E-state index contributed by atoms with van der Waals surface area (Å²) >= 11 is 0. The molecule has 4 aliphatic heterocycles. The average Bonchev–Trinajstić information content (AvgIpc) is 1.60. The van der Waals surface area contributed by atoms with Crippen LogP contribution in [0.25, 0.3) is 104 Å². The summed E-state index contributed by atoms with van der Waals surface area (Å²) in [6.07, 6.45) is 18.6. The Morgan fingerprint density at radius 3 is 0.973 bits per heavy atom. The number of hydrogen-bond donors (Lipinski definition) is 0. The highest BCUT2D eigenvalue weighted by molar-refractivity contribution is 6.17. The Morgan fingerprint density at radius 1 is 0.255 bits per heavy atom. The fourth-order valence-corrected chi connectivity index (χ4v) is 17.4. The molecule has 0 N–H and O–H groups in total. The van der Waals surface area contributed by atoms with Gasteiger partial charge in [-0.1, -0.05) is 182 Å². The number of anilines is 5.